The molecule has 0 bridgehead atoms. The van der Waals surface area contributed by atoms with E-state index in [1.54, 1.807) is 24.1 Å². The Bertz CT molecular complexity index is 544. The average Bonchev–Trinajstić information content (AvgIpc) is 3.07. The first-order chi connectivity index (χ1) is 12.1. The van der Waals surface area contributed by atoms with Gasteiger partial charge in [0, 0.05) is 39.3 Å². The van der Waals surface area contributed by atoms with Gasteiger partial charge in [-0.1, -0.05) is 12.1 Å². The van der Waals surface area contributed by atoms with E-state index in [9.17, 15) is 9.18 Å². The van der Waals surface area contributed by atoms with E-state index in [2.05, 4.69) is 16.2 Å². The summed E-state index contributed by atoms with van der Waals surface area (Å²) in [5.74, 6) is -0.117. The lowest BCUT2D eigenvalue weighted by Crippen LogP contribution is -2.37. The molecule has 1 saturated heterocycles. The molecule has 140 valence electrons. The summed E-state index contributed by atoms with van der Waals surface area (Å²) in [7, 11) is 3.47. The van der Waals surface area contributed by atoms with Crippen molar-refractivity contribution in [3.63, 3.8) is 0 Å². The molecule has 1 aromatic carbocycles. The van der Waals surface area contributed by atoms with E-state index in [-0.39, 0.29) is 17.8 Å². The fourth-order valence-corrected chi connectivity index (χ4v) is 2.96. The van der Waals surface area contributed by atoms with Crippen molar-refractivity contribution in [1.82, 2.24) is 21.1 Å². The number of benzene rings is 1. The number of carbonyl (C=O) groups is 1. The number of likely N-dealkylation sites (N-methyl/N-ethyl adjacent to an activating group) is 1. The van der Waals surface area contributed by atoms with Crippen LogP contribution in [0.4, 0.5) is 4.39 Å². The lowest BCUT2D eigenvalue weighted by Gasteiger charge is -2.18. The third kappa shape index (κ3) is 6.70. The van der Waals surface area contributed by atoms with Crippen molar-refractivity contribution in [3.8, 4) is 0 Å². The number of hydrazine groups is 1. The Balaban J connectivity index is 1.63. The molecule has 6 nitrogen and oxygen atoms in total. The maximum absolute atomic E-state index is 13.3. The normalized spacial score (nSPS) is 20.0. The van der Waals surface area contributed by atoms with Crippen LogP contribution in [-0.4, -0.2) is 57.2 Å². The quantitative estimate of drug-likeness (QED) is 0.553. The van der Waals surface area contributed by atoms with Crippen molar-refractivity contribution in [3.05, 3.63) is 35.6 Å². The van der Waals surface area contributed by atoms with E-state index in [0.717, 1.165) is 31.4 Å². The average molecular weight is 352 g/mol. The molecule has 2 atom stereocenters. The van der Waals surface area contributed by atoms with Crippen LogP contribution in [0.15, 0.2) is 24.3 Å². The summed E-state index contributed by atoms with van der Waals surface area (Å²) in [6, 6.07) is 7.17. The molecule has 0 spiro atoms. The smallest absolute Gasteiger partial charge is 0.236 e. The summed E-state index contributed by atoms with van der Waals surface area (Å²) >= 11 is 0. The number of hydrogen-bond donors (Lipinski definition) is 3. The molecule has 0 radical (unpaired) electrons. The van der Waals surface area contributed by atoms with Crippen LogP contribution in [0.25, 0.3) is 0 Å². The van der Waals surface area contributed by atoms with Crippen LogP contribution < -0.4 is 16.2 Å². The number of carbonyl (C=O) groups excluding carboxylic acids is 1. The molecule has 1 aliphatic heterocycles. The van der Waals surface area contributed by atoms with Crippen molar-refractivity contribution >= 4 is 5.91 Å². The maximum atomic E-state index is 13.3. The molecule has 25 heavy (non-hydrogen) atoms. The molecule has 1 aliphatic rings. The maximum Gasteiger partial charge on any atom is 0.236 e. The van der Waals surface area contributed by atoms with Gasteiger partial charge < -0.3 is 15.0 Å². The monoisotopic (exact) mass is 352 g/mol. The Hall–Kier alpha value is -1.54. The van der Waals surface area contributed by atoms with E-state index in [0.29, 0.717) is 25.7 Å². The second kappa shape index (κ2) is 10.5. The van der Waals surface area contributed by atoms with Crippen LogP contribution in [0.3, 0.4) is 0 Å². The van der Waals surface area contributed by atoms with Gasteiger partial charge in [-0.15, -0.1) is 0 Å². The van der Waals surface area contributed by atoms with E-state index < -0.39 is 0 Å². The molecule has 1 heterocycles. The fourth-order valence-electron chi connectivity index (χ4n) is 2.96. The standard InChI is InChI=1S/C18H29FN4O2/c1-23(18(24)13-20-8-10-25-2)9-4-7-16-12-17(22-21-16)14-5-3-6-15(19)11-14/h3,5-6,11,16-17,20-22H,4,7-10,12-13H2,1-2H3. The van der Waals surface area contributed by atoms with E-state index in [4.69, 9.17) is 4.74 Å². The van der Waals surface area contributed by atoms with Gasteiger partial charge in [0.2, 0.25) is 5.91 Å². The zero-order valence-corrected chi connectivity index (χ0v) is 15.1. The van der Waals surface area contributed by atoms with Gasteiger partial charge in [0.05, 0.1) is 13.2 Å². The van der Waals surface area contributed by atoms with Gasteiger partial charge in [-0.05, 0) is 37.0 Å². The number of amides is 1. The predicted molar refractivity (Wildman–Crippen MR) is 95.4 cm³/mol. The predicted octanol–water partition coefficient (Wildman–Crippen LogP) is 1.21. The minimum atomic E-state index is -0.206. The first kappa shape index (κ1) is 19.8. The second-order valence-electron chi connectivity index (χ2n) is 6.46. The summed E-state index contributed by atoms with van der Waals surface area (Å²) in [6.07, 6.45) is 2.81. The molecule has 1 fully saturated rings. The Labute approximate surface area is 149 Å². The minimum Gasteiger partial charge on any atom is -0.383 e. The highest BCUT2D eigenvalue weighted by atomic mass is 19.1. The molecule has 2 unspecified atom stereocenters. The van der Waals surface area contributed by atoms with E-state index in [1.165, 1.54) is 6.07 Å². The number of nitrogens with zero attached hydrogens (tertiary/aromatic N) is 1. The van der Waals surface area contributed by atoms with Crippen LogP contribution in [0.2, 0.25) is 0 Å². The van der Waals surface area contributed by atoms with Crippen molar-refractivity contribution in [2.75, 3.05) is 40.4 Å². The third-order valence-electron chi connectivity index (χ3n) is 4.46. The topological polar surface area (TPSA) is 65.6 Å². The van der Waals surface area contributed by atoms with Crippen molar-refractivity contribution in [2.24, 2.45) is 0 Å². The molecule has 1 amide bonds. The largest absolute Gasteiger partial charge is 0.383 e. The lowest BCUT2D eigenvalue weighted by molar-refractivity contribution is -0.129. The summed E-state index contributed by atoms with van der Waals surface area (Å²) in [5, 5.41) is 3.06. The molecule has 0 aliphatic carbocycles. The molecule has 7 heteroatoms. The van der Waals surface area contributed by atoms with Crippen LogP contribution in [0.5, 0.6) is 0 Å². The van der Waals surface area contributed by atoms with Gasteiger partial charge in [0.25, 0.3) is 0 Å². The minimum absolute atomic E-state index is 0.0891. The molecule has 1 aromatic rings. The van der Waals surface area contributed by atoms with Crippen LogP contribution >= 0.6 is 0 Å². The second-order valence-corrected chi connectivity index (χ2v) is 6.46. The number of ether oxygens (including phenoxy) is 1. The third-order valence-corrected chi connectivity index (χ3v) is 4.46. The van der Waals surface area contributed by atoms with Crippen molar-refractivity contribution in [2.45, 2.75) is 31.3 Å². The first-order valence-electron chi connectivity index (χ1n) is 8.80. The van der Waals surface area contributed by atoms with Crippen LogP contribution in [0.1, 0.15) is 30.9 Å². The Morgan fingerprint density at radius 1 is 1.44 bits per heavy atom. The van der Waals surface area contributed by atoms with Crippen molar-refractivity contribution < 1.29 is 13.9 Å². The van der Waals surface area contributed by atoms with Gasteiger partial charge in [-0.25, -0.2) is 4.39 Å². The van der Waals surface area contributed by atoms with Gasteiger partial charge in [-0.2, -0.15) is 0 Å². The summed E-state index contributed by atoms with van der Waals surface area (Å²) in [6.45, 7) is 2.34. The Morgan fingerprint density at radius 2 is 2.28 bits per heavy atom. The molecule has 3 N–H and O–H groups in total. The number of halogens is 1. The SMILES string of the molecule is COCCNCC(=O)N(C)CCCC1CC(c2cccc(F)c2)NN1. The zero-order valence-electron chi connectivity index (χ0n) is 15.1. The number of hydrogen-bond acceptors (Lipinski definition) is 5. The van der Waals surface area contributed by atoms with Gasteiger partial charge >= 0.3 is 0 Å². The molecular weight excluding hydrogens is 323 g/mol. The Kier molecular flexibility index (Phi) is 8.27. The fraction of sp³-hybridized carbons (Fsp3) is 0.611. The van der Waals surface area contributed by atoms with Gasteiger partial charge in [0.15, 0.2) is 0 Å². The number of rotatable bonds is 10. The first-order valence-corrected chi connectivity index (χ1v) is 8.80. The zero-order chi connectivity index (χ0) is 18.1. The highest BCUT2D eigenvalue weighted by molar-refractivity contribution is 5.77. The van der Waals surface area contributed by atoms with Crippen LogP contribution in [-0.2, 0) is 9.53 Å². The summed E-state index contributed by atoms with van der Waals surface area (Å²) < 4.78 is 18.3. The molecule has 0 aromatic heterocycles. The van der Waals surface area contributed by atoms with E-state index in [1.807, 2.05) is 13.1 Å². The van der Waals surface area contributed by atoms with Gasteiger partial charge in [-0.3, -0.25) is 15.6 Å². The number of nitrogens with one attached hydrogen (secondary N) is 3. The highest BCUT2D eigenvalue weighted by Crippen LogP contribution is 2.24. The number of methoxy groups -OCH3 is 1. The molecule has 2 rings (SSSR count). The highest BCUT2D eigenvalue weighted by Gasteiger charge is 2.24. The Morgan fingerprint density at radius 3 is 3.04 bits per heavy atom. The van der Waals surface area contributed by atoms with Crippen molar-refractivity contribution in [1.29, 1.82) is 0 Å². The van der Waals surface area contributed by atoms with Crippen LogP contribution in [0, 0.1) is 5.82 Å². The molecular formula is C18H29FN4O2. The summed E-state index contributed by atoms with van der Waals surface area (Å²) in [5.41, 5.74) is 7.47. The molecule has 0 saturated carbocycles. The van der Waals surface area contributed by atoms with E-state index >= 15 is 0 Å². The summed E-state index contributed by atoms with van der Waals surface area (Å²) in [4.78, 5) is 13.7. The van der Waals surface area contributed by atoms with Gasteiger partial charge in [0.1, 0.15) is 5.82 Å². The lowest BCUT2D eigenvalue weighted by atomic mass is 9.99.